The Morgan fingerprint density at radius 3 is 2.84 bits per heavy atom. The lowest BCUT2D eigenvalue weighted by Gasteiger charge is -2.11. The number of pyridine rings is 1. The van der Waals surface area contributed by atoms with E-state index in [0.29, 0.717) is 18.9 Å². The molecule has 0 atom stereocenters. The number of aryl methyl sites for hydroxylation is 1. The van der Waals surface area contributed by atoms with E-state index in [4.69, 9.17) is 9.47 Å². The van der Waals surface area contributed by atoms with Crippen LogP contribution in [0.15, 0.2) is 12.1 Å². The number of nitrogens with one attached hydrogen (secondary N) is 1. The Hall–Kier alpha value is -1.66. The molecule has 0 saturated carbocycles. The minimum atomic E-state index is -0.418. The average molecular weight is 268 g/mol. The molecule has 0 radical (unpaired) electrons. The number of hydrogen-bond donors (Lipinski definition) is 1. The Morgan fingerprint density at radius 2 is 2.16 bits per heavy atom. The number of aromatic nitrogens is 1. The summed E-state index contributed by atoms with van der Waals surface area (Å²) in [4.78, 5) is 15.5. The van der Waals surface area contributed by atoms with E-state index in [9.17, 15) is 4.79 Å². The summed E-state index contributed by atoms with van der Waals surface area (Å²) in [7, 11) is 2.98. The Balaban J connectivity index is 2.60. The van der Waals surface area contributed by atoms with Crippen LogP contribution in [-0.4, -0.2) is 44.9 Å². The molecule has 0 saturated heterocycles. The summed E-state index contributed by atoms with van der Waals surface area (Å²) in [5.74, 6) is 0.166. The van der Waals surface area contributed by atoms with Crippen molar-refractivity contribution in [3.05, 3.63) is 23.5 Å². The van der Waals surface area contributed by atoms with Crippen molar-refractivity contribution in [2.24, 2.45) is 0 Å². The van der Waals surface area contributed by atoms with E-state index in [2.05, 4.69) is 15.0 Å². The predicted octanol–water partition coefficient (Wildman–Crippen LogP) is 0.678. The number of carbonyl (C=O) groups excluding carboxylic acids is 1. The number of nitrogens with zero attached hydrogens (tertiary/aromatic N) is 1. The van der Waals surface area contributed by atoms with Gasteiger partial charge in [-0.1, -0.05) is 0 Å². The second-order valence-corrected chi connectivity index (χ2v) is 3.93. The molecule has 1 aromatic rings. The Bertz CT molecular complexity index is 410. The summed E-state index contributed by atoms with van der Waals surface area (Å²) in [6.45, 7) is 3.70. The van der Waals surface area contributed by atoms with Crippen molar-refractivity contribution in [2.75, 3.05) is 34.0 Å². The molecule has 1 aromatic heterocycles. The molecule has 106 valence electrons. The summed E-state index contributed by atoms with van der Waals surface area (Å²) in [6, 6.07) is 3.64. The Morgan fingerprint density at radius 1 is 1.37 bits per heavy atom. The van der Waals surface area contributed by atoms with E-state index in [1.807, 2.05) is 13.0 Å². The highest BCUT2D eigenvalue weighted by Crippen LogP contribution is 2.16. The fourth-order valence-electron chi connectivity index (χ4n) is 1.43. The van der Waals surface area contributed by atoms with Crippen LogP contribution >= 0.6 is 0 Å². The van der Waals surface area contributed by atoms with Crippen molar-refractivity contribution in [1.82, 2.24) is 10.3 Å². The first-order chi connectivity index (χ1) is 9.17. The summed E-state index contributed by atoms with van der Waals surface area (Å²) >= 11 is 0. The molecule has 0 unspecified atom stereocenters. The van der Waals surface area contributed by atoms with Gasteiger partial charge in [-0.25, -0.2) is 4.79 Å². The summed E-state index contributed by atoms with van der Waals surface area (Å²) in [5, 5.41) is 3.19. The molecule has 6 heteroatoms. The quantitative estimate of drug-likeness (QED) is 0.552. The van der Waals surface area contributed by atoms with Crippen LogP contribution in [0, 0.1) is 6.92 Å². The predicted molar refractivity (Wildman–Crippen MR) is 70.1 cm³/mol. The normalized spacial score (nSPS) is 10.3. The van der Waals surface area contributed by atoms with Gasteiger partial charge in [0.25, 0.3) is 0 Å². The molecule has 0 fully saturated rings. The molecule has 1 N–H and O–H groups in total. The van der Waals surface area contributed by atoms with Crippen LogP contribution in [0.2, 0.25) is 0 Å². The second kappa shape index (κ2) is 8.44. The van der Waals surface area contributed by atoms with Gasteiger partial charge in [-0.3, -0.25) is 4.98 Å². The van der Waals surface area contributed by atoms with Gasteiger partial charge in [0.15, 0.2) is 6.61 Å². The number of esters is 1. The van der Waals surface area contributed by atoms with Crippen LogP contribution in [0.4, 0.5) is 0 Å². The van der Waals surface area contributed by atoms with Crippen LogP contribution in [0.1, 0.15) is 11.4 Å². The zero-order valence-corrected chi connectivity index (χ0v) is 11.6. The molecule has 0 aliphatic heterocycles. The first-order valence-electron chi connectivity index (χ1n) is 6.03. The van der Waals surface area contributed by atoms with Crippen molar-refractivity contribution in [2.45, 2.75) is 13.5 Å². The highest BCUT2D eigenvalue weighted by Gasteiger charge is 2.08. The topological polar surface area (TPSA) is 69.7 Å². The maximum Gasteiger partial charge on any atom is 0.343 e. The number of methoxy groups -OCH3 is 2. The van der Waals surface area contributed by atoms with Gasteiger partial charge in [0.2, 0.25) is 0 Å². The van der Waals surface area contributed by atoms with Crippen LogP contribution in [0.25, 0.3) is 0 Å². The van der Waals surface area contributed by atoms with Crippen molar-refractivity contribution in [3.63, 3.8) is 0 Å². The minimum absolute atomic E-state index is 0.119. The fourth-order valence-corrected chi connectivity index (χ4v) is 1.43. The van der Waals surface area contributed by atoms with Crippen LogP contribution in [-0.2, 0) is 20.8 Å². The molecule has 0 bridgehead atoms. The highest BCUT2D eigenvalue weighted by molar-refractivity contribution is 5.70. The second-order valence-electron chi connectivity index (χ2n) is 3.93. The molecule has 0 amide bonds. The smallest absolute Gasteiger partial charge is 0.343 e. The summed E-state index contributed by atoms with van der Waals surface area (Å²) in [6.07, 6.45) is 0. The van der Waals surface area contributed by atoms with E-state index in [-0.39, 0.29) is 6.61 Å². The van der Waals surface area contributed by atoms with Gasteiger partial charge in [-0.15, -0.1) is 0 Å². The molecule has 19 heavy (non-hydrogen) atoms. The van der Waals surface area contributed by atoms with Gasteiger partial charge in [-0.2, -0.15) is 0 Å². The molecular weight excluding hydrogens is 248 g/mol. The van der Waals surface area contributed by atoms with Gasteiger partial charge in [0, 0.05) is 25.9 Å². The first kappa shape index (κ1) is 15.4. The van der Waals surface area contributed by atoms with Crippen molar-refractivity contribution < 1.29 is 19.0 Å². The third-order valence-corrected chi connectivity index (χ3v) is 2.42. The molecule has 1 heterocycles. The lowest BCUT2D eigenvalue weighted by Crippen LogP contribution is -2.21. The largest absolute Gasteiger partial charge is 0.480 e. The summed E-state index contributed by atoms with van der Waals surface area (Å²) < 4.78 is 14.9. The fraction of sp³-hybridized carbons (Fsp3) is 0.538. The van der Waals surface area contributed by atoms with Crippen LogP contribution in [0.5, 0.6) is 5.75 Å². The molecule has 0 aliphatic rings. The third kappa shape index (κ3) is 5.67. The van der Waals surface area contributed by atoms with Gasteiger partial charge in [-0.05, 0) is 19.1 Å². The highest BCUT2D eigenvalue weighted by atomic mass is 16.6. The van der Waals surface area contributed by atoms with Gasteiger partial charge in [0.05, 0.1) is 19.4 Å². The van der Waals surface area contributed by atoms with Crippen LogP contribution in [0.3, 0.4) is 0 Å². The van der Waals surface area contributed by atoms with Gasteiger partial charge in [0.1, 0.15) is 5.75 Å². The van der Waals surface area contributed by atoms with E-state index in [1.54, 1.807) is 13.2 Å². The maximum atomic E-state index is 11.1. The summed E-state index contributed by atoms with van der Waals surface area (Å²) in [5.41, 5.74) is 1.66. The average Bonchev–Trinajstić information content (AvgIpc) is 2.42. The molecular formula is C13H20N2O4. The van der Waals surface area contributed by atoms with E-state index in [0.717, 1.165) is 17.9 Å². The van der Waals surface area contributed by atoms with Crippen molar-refractivity contribution in [1.29, 1.82) is 0 Å². The lowest BCUT2D eigenvalue weighted by atomic mass is 10.3. The lowest BCUT2D eigenvalue weighted by molar-refractivity contribution is -0.142. The SMILES string of the molecule is COCCNCc1nc(C)ccc1OCC(=O)OC. The van der Waals surface area contributed by atoms with Crippen molar-refractivity contribution in [3.8, 4) is 5.75 Å². The molecule has 6 nitrogen and oxygen atoms in total. The van der Waals surface area contributed by atoms with Crippen molar-refractivity contribution >= 4 is 5.97 Å². The molecule has 0 aliphatic carbocycles. The monoisotopic (exact) mass is 268 g/mol. The van der Waals surface area contributed by atoms with E-state index < -0.39 is 5.97 Å². The number of hydrogen-bond acceptors (Lipinski definition) is 6. The Labute approximate surface area is 113 Å². The molecule has 0 aromatic carbocycles. The number of carbonyl (C=O) groups is 1. The first-order valence-corrected chi connectivity index (χ1v) is 6.03. The number of ether oxygens (including phenoxy) is 3. The van der Waals surface area contributed by atoms with E-state index >= 15 is 0 Å². The van der Waals surface area contributed by atoms with Crippen LogP contribution < -0.4 is 10.1 Å². The molecule has 0 spiro atoms. The minimum Gasteiger partial charge on any atom is -0.480 e. The van der Waals surface area contributed by atoms with Gasteiger partial charge < -0.3 is 19.5 Å². The third-order valence-electron chi connectivity index (χ3n) is 2.42. The number of rotatable bonds is 8. The zero-order chi connectivity index (χ0) is 14.1. The molecule has 1 rings (SSSR count). The Kier molecular flexibility index (Phi) is 6.84. The van der Waals surface area contributed by atoms with Gasteiger partial charge >= 0.3 is 5.97 Å². The van der Waals surface area contributed by atoms with E-state index in [1.165, 1.54) is 7.11 Å². The zero-order valence-electron chi connectivity index (χ0n) is 11.6. The standard InChI is InChI=1S/C13H20N2O4/c1-10-4-5-12(19-9-13(16)18-3)11(15-10)8-14-6-7-17-2/h4-5,14H,6-9H2,1-3H3. The maximum absolute atomic E-state index is 11.1.